The fourth-order valence-corrected chi connectivity index (χ4v) is 1.67. The number of amides is 1. The summed E-state index contributed by atoms with van der Waals surface area (Å²) in [4.78, 5) is 14.6. The standard InChI is InChI=1S/C14H5F17N2O5/c15-7(16,6(34)33-5-1-3-32-4-2-5)35-8(17,18)9(19,20)36-10(21,22)11(23,24)37-12(25,26)13(27,28)38-14(29,30)31/h1-4H,(H,32,33,34). The van der Waals surface area contributed by atoms with Crippen LogP contribution < -0.4 is 5.32 Å². The highest BCUT2D eigenvalue weighted by atomic mass is 19.4. The molecule has 0 bridgehead atoms. The van der Waals surface area contributed by atoms with E-state index in [9.17, 15) is 79.4 Å². The Morgan fingerprint density at radius 2 is 0.868 bits per heavy atom. The second-order valence-corrected chi connectivity index (χ2v) is 6.16. The van der Waals surface area contributed by atoms with Crippen molar-refractivity contribution in [3.05, 3.63) is 24.5 Å². The molecule has 7 nitrogen and oxygen atoms in total. The van der Waals surface area contributed by atoms with Gasteiger partial charge in [-0.1, -0.05) is 0 Å². The number of hydrogen-bond donors (Lipinski definition) is 1. The van der Waals surface area contributed by atoms with Crippen LogP contribution in [0.3, 0.4) is 0 Å². The maximum atomic E-state index is 13.5. The molecule has 0 aliphatic rings. The lowest BCUT2D eigenvalue weighted by molar-refractivity contribution is -0.579. The summed E-state index contributed by atoms with van der Waals surface area (Å²) >= 11 is 0. The zero-order chi connectivity index (χ0) is 30.2. The lowest BCUT2D eigenvalue weighted by Crippen LogP contribution is -2.60. The summed E-state index contributed by atoms with van der Waals surface area (Å²) in [5, 5.41) is 1.08. The molecule has 0 saturated heterocycles. The summed E-state index contributed by atoms with van der Waals surface area (Å²) in [5.41, 5.74) is -0.671. The quantitative estimate of drug-likeness (QED) is 0.306. The summed E-state index contributed by atoms with van der Waals surface area (Å²) in [7, 11) is 0. The first-order valence-corrected chi connectivity index (χ1v) is 8.31. The molecule has 1 aromatic heterocycles. The number of rotatable bonds is 12. The first kappa shape index (κ1) is 33.3. The highest BCUT2D eigenvalue weighted by Crippen LogP contribution is 2.51. The molecule has 0 fully saturated rings. The Hall–Kier alpha value is -2.73. The van der Waals surface area contributed by atoms with Crippen molar-refractivity contribution in [1.82, 2.24) is 4.98 Å². The Bertz CT molecular complexity index is 970. The number of anilines is 1. The molecule has 0 atom stereocenters. The van der Waals surface area contributed by atoms with Crippen molar-refractivity contribution in [2.75, 3.05) is 5.32 Å². The molecule has 1 amide bonds. The molecule has 0 unspecified atom stereocenters. The summed E-state index contributed by atoms with van der Waals surface area (Å²) in [5.74, 6) is -3.01. The van der Waals surface area contributed by atoms with E-state index in [4.69, 9.17) is 0 Å². The van der Waals surface area contributed by atoms with Crippen LogP contribution in [0.2, 0.25) is 0 Å². The summed E-state index contributed by atoms with van der Waals surface area (Å²) in [6, 6.07) is 1.43. The molecule has 1 rings (SSSR count). The number of hydrogen-bond acceptors (Lipinski definition) is 6. The van der Waals surface area contributed by atoms with Crippen LogP contribution >= 0.6 is 0 Å². The number of nitrogens with zero attached hydrogens (tertiary/aromatic N) is 1. The van der Waals surface area contributed by atoms with Gasteiger partial charge in [0.2, 0.25) is 0 Å². The van der Waals surface area contributed by atoms with Crippen molar-refractivity contribution in [3.8, 4) is 0 Å². The Labute approximate surface area is 195 Å². The maximum Gasteiger partial charge on any atom is 0.527 e. The normalized spacial score (nSPS) is 15.0. The average molecular weight is 604 g/mol. The van der Waals surface area contributed by atoms with Gasteiger partial charge in [-0.15, -0.1) is 13.2 Å². The van der Waals surface area contributed by atoms with Crippen LogP contribution in [0, 0.1) is 0 Å². The lowest BCUT2D eigenvalue weighted by Gasteiger charge is -2.35. The molecule has 1 N–H and O–H groups in total. The molecule has 0 aliphatic carbocycles. The minimum Gasteiger partial charge on any atom is -0.318 e. The van der Waals surface area contributed by atoms with Crippen molar-refractivity contribution >= 4 is 11.6 Å². The minimum atomic E-state index is -7.64. The first-order chi connectivity index (χ1) is 16.6. The van der Waals surface area contributed by atoms with Crippen LogP contribution in [0.5, 0.6) is 0 Å². The van der Waals surface area contributed by atoms with Crippen molar-refractivity contribution in [1.29, 1.82) is 0 Å². The summed E-state index contributed by atoms with van der Waals surface area (Å²) in [6.45, 7) is 0. The van der Waals surface area contributed by atoms with E-state index in [-0.39, 0.29) is 0 Å². The number of ether oxygens (including phenoxy) is 4. The first-order valence-electron chi connectivity index (χ1n) is 8.31. The zero-order valence-corrected chi connectivity index (χ0v) is 16.7. The Balaban J connectivity index is 3.12. The number of nitrogens with one attached hydrogen (secondary N) is 1. The number of alkyl halides is 17. The van der Waals surface area contributed by atoms with Gasteiger partial charge in [-0.05, 0) is 12.1 Å². The van der Waals surface area contributed by atoms with Crippen molar-refractivity contribution < 1.29 is 98.4 Å². The van der Waals surface area contributed by atoms with Gasteiger partial charge < -0.3 is 5.32 Å². The average Bonchev–Trinajstić information content (AvgIpc) is 2.64. The van der Waals surface area contributed by atoms with Gasteiger partial charge in [-0.3, -0.25) is 9.78 Å². The van der Waals surface area contributed by atoms with Gasteiger partial charge in [-0.2, -0.15) is 61.5 Å². The number of carbonyl (C=O) groups is 1. The summed E-state index contributed by atoms with van der Waals surface area (Å²) < 4.78 is 226. The Morgan fingerprint density at radius 1 is 0.553 bits per heavy atom. The molecule has 0 saturated carbocycles. The third-order valence-electron chi connectivity index (χ3n) is 3.23. The van der Waals surface area contributed by atoms with E-state index in [2.05, 4.69) is 9.72 Å². The van der Waals surface area contributed by atoms with Gasteiger partial charge in [0, 0.05) is 18.1 Å². The molecule has 0 spiro atoms. The molecule has 0 aromatic carbocycles. The van der Waals surface area contributed by atoms with Gasteiger partial charge in [0.05, 0.1) is 0 Å². The topological polar surface area (TPSA) is 78.9 Å². The Morgan fingerprint density at radius 3 is 1.21 bits per heavy atom. The monoisotopic (exact) mass is 604 g/mol. The number of pyridine rings is 1. The second kappa shape index (κ2) is 10.1. The van der Waals surface area contributed by atoms with Crippen molar-refractivity contribution in [3.63, 3.8) is 0 Å². The maximum absolute atomic E-state index is 13.5. The minimum absolute atomic E-state index is 0.671. The van der Waals surface area contributed by atoms with Crippen LogP contribution in [-0.2, 0) is 23.7 Å². The second-order valence-electron chi connectivity index (χ2n) is 6.16. The smallest absolute Gasteiger partial charge is 0.318 e. The third-order valence-corrected chi connectivity index (χ3v) is 3.23. The van der Waals surface area contributed by atoms with Gasteiger partial charge >= 0.3 is 55.0 Å². The number of aromatic nitrogens is 1. The van der Waals surface area contributed by atoms with Crippen LogP contribution in [0.4, 0.5) is 80.3 Å². The van der Waals surface area contributed by atoms with E-state index in [1.54, 1.807) is 0 Å². The largest absolute Gasteiger partial charge is 0.527 e. The van der Waals surface area contributed by atoms with Gasteiger partial charge in [0.15, 0.2) is 0 Å². The van der Waals surface area contributed by atoms with E-state index in [1.165, 1.54) is 14.2 Å². The highest BCUT2D eigenvalue weighted by Gasteiger charge is 2.77. The van der Waals surface area contributed by atoms with E-state index >= 15 is 0 Å². The molecule has 0 radical (unpaired) electrons. The van der Waals surface area contributed by atoms with E-state index in [1.807, 2.05) is 0 Å². The van der Waals surface area contributed by atoms with Crippen LogP contribution in [0.25, 0.3) is 0 Å². The van der Waals surface area contributed by atoms with Crippen molar-refractivity contribution in [2.24, 2.45) is 0 Å². The fourth-order valence-electron chi connectivity index (χ4n) is 1.67. The van der Waals surface area contributed by atoms with Crippen LogP contribution in [0.15, 0.2) is 24.5 Å². The van der Waals surface area contributed by atoms with E-state index in [0.717, 1.165) is 17.7 Å². The predicted molar refractivity (Wildman–Crippen MR) is 77.9 cm³/mol. The number of halogens is 17. The van der Waals surface area contributed by atoms with E-state index < -0.39 is 60.7 Å². The molecule has 38 heavy (non-hydrogen) atoms. The number of carbonyl (C=O) groups excluding carboxylic acids is 1. The van der Waals surface area contributed by atoms with Gasteiger partial charge in [0.25, 0.3) is 0 Å². The molecule has 0 aliphatic heterocycles. The third kappa shape index (κ3) is 7.89. The SMILES string of the molecule is O=C(Nc1ccncc1)C(F)(F)OC(F)(F)C(F)(F)OC(F)(F)C(F)(F)OC(F)(F)C(F)(F)OC(F)(F)F. The van der Waals surface area contributed by atoms with Gasteiger partial charge in [0.1, 0.15) is 0 Å². The van der Waals surface area contributed by atoms with E-state index in [0.29, 0.717) is 12.1 Å². The molecule has 220 valence electrons. The zero-order valence-electron chi connectivity index (χ0n) is 16.7. The Kier molecular flexibility index (Phi) is 8.85. The molecule has 1 aromatic rings. The molecule has 1 heterocycles. The van der Waals surface area contributed by atoms with Gasteiger partial charge in [-0.25, -0.2) is 18.9 Å². The summed E-state index contributed by atoms with van der Waals surface area (Å²) in [6.07, 6.45) is -56.0. The fraction of sp³-hybridized carbons (Fsp3) is 0.571. The lowest BCUT2D eigenvalue weighted by atomic mass is 10.4. The highest BCUT2D eigenvalue weighted by molar-refractivity contribution is 5.94. The van der Waals surface area contributed by atoms with Crippen LogP contribution in [-0.4, -0.2) is 60.0 Å². The molecular weight excluding hydrogens is 599 g/mol. The predicted octanol–water partition coefficient (Wildman–Crippen LogP) is 5.76. The van der Waals surface area contributed by atoms with Crippen molar-refractivity contribution in [2.45, 2.75) is 49.1 Å². The molecule has 24 heteroatoms. The van der Waals surface area contributed by atoms with Crippen LogP contribution in [0.1, 0.15) is 0 Å². The molecular formula is C14H5F17N2O5.